The van der Waals surface area contributed by atoms with Crippen molar-refractivity contribution >= 4 is 5.91 Å². The molecule has 0 bridgehead atoms. The van der Waals surface area contributed by atoms with Crippen molar-refractivity contribution in [2.24, 2.45) is 5.41 Å². The Morgan fingerprint density at radius 1 is 1.28 bits per heavy atom. The molecule has 1 unspecified atom stereocenters. The molecule has 1 amide bonds. The van der Waals surface area contributed by atoms with Crippen LogP contribution in [0.1, 0.15) is 75.9 Å². The minimum absolute atomic E-state index is 0.267. The summed E-state index contributed by atoms with van der Waals surface area (Å²) in [6, 6.07) is 0. The molecule has 6 heteroatoms. The molecule has 1 spiro atoms. The lowest BCUT2D eigenvalue weighted by molar-refractivity contribution is -0.139. The van der Waals surface area contributed by atoms with Gasteiger partial charge in [-0.3, -0.25) is 9.69 Å². The predicted octanol–water partition coefficient (Wildman–Crippen LogP) is 2.95. The summed E-state index contributed by atoms with van der Waals surface area (Å²) < 4.78 is 5.40. The first kappa shape index (κ1) is 17.0. The molecule has 0 radical (unpaired) electrons. The third kappa shape index (κ3) is 3.89. The van der Waals surface area contributed by atoms with Gasteiger partial charge in [-0.25, -0.2) is 0 Å². The first-order valence-corrected chi connectivity index (χ1v) is 10.00. The van der Waals surface area contributed by atoms with Crippen LogP contribution < -0.4 is 0 Å². The monoisotopic (exact) mass is 346 g/mol. The largest absolute Gasteiger partial charge is 0.342 e. The smallest absolute Gasteiger partial charge is 0.229 e. The highest BCUT2D eigenvalue weighted by atomic mass is 16.5. The summed E-state index contributed by atoms with van der Waals surface area (Å²) in [5, 5.41) is 4.18. The van der Waals surface area contributed by atoms with E-state index in [4.69, 9.17) is 4.52 Å². The minimum Gasteiger partial charge on any atom is -0.342 e. The van der Waals surface area contributed by atoms with Gasteiger partial charge in [0.25, 0.3) is 0 Å². The molecule has 25 heavy (non-hydrogen) atoms. The van der Waals surface area contributed by atoms with Crippen LogP contribution in [0.25, 0.3) is 0 Å². The Morgan fingerprint density at radius 3 is 2.96 bits per heavy atom. The molecule has 0 N–H and O–H groups in total. The number of nitrogens with zero attached hydrogens (tertiary/aromatic N) is 4. The highest BCUT2D eigenvalue weighted by Gasteiger charge is 2.41. The molecule has 1 aliphatic carbocycles. The van der Waals surface area contributed by atoms with E-state index >= 15 is 0 Å². The van der Waals surface area contributed by atoms with Gasteiger partial charge in [0.15, 0.2) is 5.82 Å². The maximum Gasteiger partial charge on any atom is 0.229 e. The Labute approximate surface area is 149 Å². The van der Waals surface area contributed by atoms with Crippen molar-refractivity contribution in [2.45, 2.75) is 70.8 Å². The van der Waals surface area contributed by atoms with Crippen LogP contribution in [0.3, 0.4) is 0 Å². The van der Waals surface area contributed by atoms with Gasteiger partial charge in [0.05, 0.1) is 6.54 Å². The second-order valence-corrected chi connectivity index (χ2v) is 8.31. The Morgan fingerprint density at radius 2 is 2.16 bits per heavy atom. The maximum atomic E-state index is 12.3. The lowest BCUT2D eigenvalue weighted by atomic mass is 9.73. The normalized spacial score (nSPS) is 28.0. The standard InChI is InChI=1S/C19H30N4O2/c1-2-3-11-23-14-19(9-7-17(23)24)8-4-10-22(13-19)12-16-20-18(25-21-16)15-5-6-15/h15H,2-14H2,1H3. The number of hydrogen-bond acceptors (Lipinski definition) is 5. The van der Waals surface area contributed by atoms with Crippen molar-refractivity contribution in [2.75, 3.05) is 26.2 Å². The van der Waals surface area contributed by atoms with Crippen LogP contribution in [0.4, 0.5) is 0 Å². The van der Waals surface area contributed by atoms with Crippen LogP contribution >= 0.6 is 0 Å². The minimum atomic E-state index is 0.267. The number of unbranched alkanes of at least 4 members (excludes halogenated alkanes) is 1. The van der Waals surface area contributed by atoms with Gasteiger partial charge in [-0.05, 0) is 45.1 Å². The Kier molecular flexibility index (Phi) is 4.80. The van der Waals surface area contributed by atoms with Crippen LogP contribution in [0.2, 0.25) is 0 Å². The van der Waals surface area contributed by atoms with E-state index < -0.39 is 0 Å². The molecule has 1 aromatic rings. The van der Waals surface area contributed by atoms with Crippen molar-refractivity contribution < 1.29 is 9.32 Å². The average molecular weight is 346 g/mol. The van der Waals surface area contributed by atoms with Crippen molar-refractivity contribution in [3.63, 3.8) is 0 Å². The lowest BCUT2D eigenvalue weighted by Gasteiger charge is -2.48. The molecule has 1 aromatic heterocycles. The zero-order chi connectivity index (χ0) is 17.3. The first-order chi connectivity index (χ1) is 12.2. The van der Waals surface area contributed by atoms with Gasteiger partial charge in [0.1, 0.15) is 0 Å². The summed E-state index contributed by atoms with van der Waals surface area (Å²) >= 11 is 0. The zero-order valence-electron chi connectivity index (χ0n) is 15.4. The number of likely N-dealkylation sites (tertiary alicyclic amines) is 2. The van der Waals surface area contributed by atoms with Crippen molar-refractivity contribution in [1.29, 1.82) is 0 Å². The van der Waals surface area contributed by atoms with Crippen molar-refractivity contribution in [1.82, 2.24) is 19.9 Å². The van der Waals surface area contributed by atoms with Gasteiger partial charge in [0.2, 0.25) is 11.8 Å². The second-order valence-electron chi connectivity index (χ2n) is 8.31. The quantitative estimate of drug-likeness (QED) is 0.792. The summed E-state index contributed by atoms with van der Waals surface area (Å²) in [6.07, 6.45) is 8.81. The van der Waals surface area contributed by atoms with E-state index in [2.05, 4.69) is 26.9 Å². The van der Waals surface area contributed by atoms with E-state index in [0.29, 0.717) is 18.2 Å². The summed E-state index contributed by atoms with van der Waals surface area (Å²) in [7, 11) is 0. The van der Waals surface area contributed by atoms with E-state index in [0.717, 1.165) is 63.7 Å². The van der Waals surface area contributed by atoms with Crippen molar-refractivity contribution in [3.8, 4) is 0 Å². The highest BCUT2D eigenvalue weighted by molar-refractivity contribution is 5.77. The fourth-order valence-electron chi connectivity index (χ4n) is 4.46. The number of amides is 1. The molecule has 1 atom stereocenters. The Hall–Kier alpha value is -1.43. The molecule has 0 aromatic carbocycles. The molecule has 1 saturated carbocycles. The zero-order valence-corrected chi connectivity index (χ0v) is 15.4. The van der Waals surface area contributed by atoms with Crippen LogP contribution in [0.5, 0.6) is 0 Å². The SMILES string of the molecule is CCCCN1CC2(CCCN(Cc3noc(C4CC4)n3)C2)CCC1=O. The topological polar surface area (TPSA) is 62.5 Å². The Balaban J connectivity index is 1.38. The van der Waals surface area contributed by atoms with Gasteiger partial charge in [-0.2, -0.15) is 4.98 Å². The van der Waals surface area contributed by atoms with E-state index in [1.54, 1.807) is 0 Å². The van der Waals surface area contributed by atoms with Crippen LogP contribution in [-0.4, -0.2) is 52.0 Å². The molecule has 2 aliphatic heterocycles. The fourth-order valence-corrected chi connectivity index (χ4v) is 4.46. The number of aromatic nitrogens is 2. The molecular formula is C19H30N4O2. The summed E-state index contributed by atoms with van der Waals surface area (Å²) in [5.74, 6) is 2.53. The summed E-state index contributed by atoms with van der Waals surface area (Å²) in [6.45, 7) is 6.97. The molecule has 3 fully saturated rings. The summed E-state index contributed by atoms with van der Waals surface area (Å²) in [4.78, 5) is 21.4. The molecule has 4 rings (SSSR count). The number of piperidine rings is 2. The molecule has 6 nitrogen and oxygen atoms in total. The van der Waals surface area contributed by atoms with E-state index in [-0.39, 0.29) is 5.41 Å². The number of rotatable bonds is 6. The van der Waals surface area contributed by atoms with Gasteiger partial charge in [-0.15, -0.1) is 0 Å². The number of carbonyl (C=O) groups excluding carboxylic acids is 1. The fraction of sp³-hybridized carbons (Fsp3) is 0.842. The van der Waals surface area contributed by atoms with E-state index in [1.807, 2.05) is 0 Å². The maximum absolute atomic E-state index is 12.3. The van der Waals surface area contributed by atoms with Crippen LogP contribution in [0.15, 0.2) is 4.52 Å². The molecule has 2 saturated heterocycles. The second kappa shape index (κ2) is 7.06. The third-order valence-corrected chi connectivity index (χ3v) is 6.05. The lowest BCUT2D eigenvalue weighted by Crippen LogP contribution is -2.54. The van der Waals surface area contributed by atoms with Gasteiger partial charge in [-0.1, -0.05) is 18.5 Å². The van der Waals surface area contributed by atoms with Crippen molar-refractivity contribution in [3.05, 3.63) is 11.7 Å². The predicted molar refractivity (Wildman–Crippen MR) is 93.9 cm³/mol. The van der Waals surface area contributed by atoms with Gasteiger partial charge < -0.3 is 9.42 Å². The van der Waals surface area contributed by atoms with Gasteiger partial charge >= 0.3 is 0 Å². The number of hydrogen-bond donors (Lipinski definition) is 0. The van der Waals surface area contributed by atoms with Crippen LogP contribution in [-0.2, 0) is 11.3 Å². The van der Waals surface area contributed by atoms with E-state index in [9.17, 15) is 4.79 Å². The van der Waals surface area contributed by atoms with E-state index in [1.165, 1.54) is 25.7 Å². The number of carbonyl (C=O) groups is 1. The molecule has 3 heterocycles. The molecular weight excluding hydrogens is 316 g/mol. The Bertz CT molecular complexity index is 612. The molecule has 138 valence electrons. The van der Waals surface area contributed by atoms with Gasteiger partial charge in [0, 0.05) is 37.4 Å². The highest BCUT2D eigenvalue weighted by Crippen LogP contribution is 2.40. The third-order valence-electron chi connectivity index (χ3n) is 6.05. The summed E-state index contributed by atoms with van der Waals surface area (Å²) in [5.41, 5.74) is 0.267. The van der Waals surface area contributed by atoms with Crippen LogP contribution in [0, 0.1) is 5.41 Å². The molecule has 3 aliphatic rings. The average Bonchev–Trinajstić information content (AvgIpc) is 3.36. The first-order valence-electron chi connectivity index (χ1n) is 10.00.